The largest absolute Gasteiger partial charge is 0.494 e. The van der Waals surface area contributed by atoms with Crippen LogP contribution in [0.25, 0.3) is 0 Å². The van der Waals surface area contributed by atoms with Crippen LogP contribution in [0.4, 0.5) is 4.39 Å². The zero-order valence-electron chi connectivity index (χ0n) is 22.2. The summed E-state index contributed by atoms with van der Waals surface area (Å²) in [6.07, 6.45) is 1.65. The fourth-order valence-electron chi connectivity index (χ4n) is 4.95. The van der Waals surface area contributed by atoms with E-state index in [9.17, 15) is 19.1 Å². The molecule has 0 saturated heterocycles. The number of ether oxygens (including phenoxy) is 2. The molecule has 0 aromatic heterocycles. The Bertz CT molecular complexity index is 1260. The summed E-state index contributed by atoms with van der Waals surface area (Å²) < 4.78 is 25.3. The molecule has 2 aliphatic heterocycles. The van der Waals surface area contributed by atoms with Crippen molar-refractivity contribution in [2.24, 2.45) is 10.7 Å². The highest BCUT2D eigenvalue weighted by atomic mass is 19.1. The van der Waals surface area contributed by atoms with Gasteiger partial charge in [-0.05, 0) is 63.1 Å². The summed E-state index contributed by atoms with van der Waals surface area (Å²) in [5, 5.41) is 13.8. The van der Waals surface area contributed by atoms with E-state index in [1.54, 1.807) is 18.2 Å². The zero-order valence-corrected chi connectivity index (χ0v) is 22.2. The second kappa shape index (κ2) is 10.6. The number of rotatable bonds is 8. The summed E-state index contributed by atoms with van der Waals surface area (Å²) in [7, 11) is 0. The molecule has 9 nitrogen and oxygen atoms in total. The van der Waals surface area contributed by atoms with Crippen molar-refractivity contribution in [2.75, 3.05) is 13.2 Å². The number of nitrogens with one attached hydrogen (secondary N) is 1. The molecule has 0 fully saturated rings. The minimum absolute atomic E-state index is 0.0716. The Hall–Kier alpha value is -3.66. The van der Waals surface area contributed by atoms with Crippen molar-refractivity contribution in [1.82, 2.24) is 10.2 Å². The molecule has 2 aliphatic rings. The summed E-state index contributed by atoms with van der Waals surface area (Å²) in [6.45, 7) is 7.73. The first-order valence-electron chi connectivity index (χ1n) is 12.9. The average Bonchev–Trinajstić information content (AvgIpc) is 2.88. The Morgan fingerprint density at radius 3 is 2.66 bits per heavy atom. The summed E-state index contributed by atoms with van der Waals surface area (Å²) in [5.74, 6) is -0.0933. The van der Waals surface area contributed by atoms with Crippen molar-refractivity contribution in [3.05, 3.63) is 58.9 Å². The van der Waals surface area contributed by atoms with Gasteiger partial charge in [0.05, 0.1) is 31.2 Å². The van der Waals surface area contributed by atoms with E-state index < -0.39 is 28.9 Å². The quantitative estimate of drug-likeness (QED) is 0.484. The first-order valence-corrected chi connectivity index (χ1v) is 12.9. The van der Waals surface area contributed by atoms with E-state index in [2.05, 4.69) is 10.3 Å². The lowest BCUT2D eigenvalue weighted by atomic mass is 9.87. The molecule has 10 heteroatoms. The van der Waals surface area contributed by atoms with Gasteiger partial charge in [0.1, 0.15) is 29.5 Å². The van der Waals surface area contributed by atoms with Gasteiger partial charge in [-0.2, -0.15) is 0 Å². The van der Waals surface area contributed by atoms with Crippen molar-refractivity contribution >= 4 is 17.8 Å². The number of hydrogen-bond acceptors (Lipinski definition) is 7. The molecule has 0 radical (unpaired) electrons. The van der Waals surface area contributed by atoms with Crippen molar-refractivity contribution in [3.63, 3.8) is 0 Å². The number of carbonyl (C=O) groups excluding carboxylic acids is 2. The molecule has 4 rings (SSSR count). The van der Waals surface area contributed by atoms with Gasteiger partial charge < -0.3 is 25.6 Å². The van der Waals surface area contributed by atoms with Gasteiger partial charge in [-0.3, -0.25) is 14.5 Å². The Morgan fingerprint density at radius 1 is 1.26 bits per heavy atom. The van der Waals surface area contributed by atoms with Crippen molar-refractivity contribution in [1.29, 1.82) is 0 Å². The number of nitrogens with zero attached hydrogens (tertiary/aromatic N) is 2. The van der Waals surface area contributed by atoms with Crippen LogP contribution in [0.1, 0.15) is 74.5 Å². The van der Waals surface area contributed by atoms with Crippen LogP contribution < -0.4 is 20.5 Å². The molecule has 204 valence electrons. The van der Waals surface area contributed by atoms with E-state index >= 15 is 0 Å². The minimum Gasteiger partial charge on any atom is -0.494 e. The lowest BCUT2D eigenvalue weighted by Crippen LogP contribution is -2.51. The average molecular weight is 527 g/mol. The molecule has 2 atom stereocenters. The lowest BCUT2D eigenvalue weighted by Gasteiger charge is -2.38. The second-order valence-corrected chi connectivity index (χ2v) is 10.0. The maximum absolute atomic E-state index is 14.0. The number of nitrogens with two attached hydrogens (primary N) is 1. The summed E-state index contributed by atoms with van der Waals surface area (Å²) in [4.78, 5) is 32.5. The number of guanidine groups is 1. The van der Waals surface area contributed by atoms with Crippen molar-refractivity contribution < 1.29 is 28.6 Å². The molecule has 2 aromatic carbocycles. The predicted octanol–water partition coefficient (Wildman–Crippen LogP) is 3.44. The number of halogens is 1. The summed E-state index contributed by atoms with van der Waals surface area (Å²) >= 11 is 0. The minimum atomic E-state index is -1.47. The third-order valence-electron chi connectivity index (χ3n) is 7.38. The molecular formula is C28H35FN4O5. The van der Waals surface area contributed by atoms with Gasteiger partial charge in [0.15, 0.2) is 5.96 Å². The second-order valence-electron chi connectivity index (χ2n) is 10.0. The normalized spacial score (nSPS) is 22.3. The molecule has 4 N–H and O–H groups in total. The number of fused-ring (bicyclic) bond motifs is 1. The van der Waals surface area contributed by atoms with Crippen molar-refractivity contribution in [2.45, 2.75) is 70.7 Å². The number of benzene rings is 2. The third-order valence-corrected chi connectivity index (χ3v) is 7.38. The molecule has 0 aliphatic carbocycles. The van der Waals surface area contributed by atoms with Crippen LogP contribution >= 0.6 is 0 Å². The van der Waals surface area contributed by atoms with Crippen LogP contribution in [0.3, 0.4) is 0 Å². The predicted molar refractivity (Wildman–Crippen MR) is 140 cm³/mol. The first kappa shape index (κ1) is 27.4. The Kier molecular flexibility index (Phi) is 7.64. The highest BCUT2D eigenvalue weighted by molar-refractivity contribution is 5.99. The van der Waals surface area contributed by atoms with Gasteiger partial charge in [-0.15, -0.1) is 0 Å². The van der Waals surface area contributed by atoms with Crippen molar-refractivity contribution in [3.8, 4) is 11.5 Å². The van der Waals surface area contributed by atoms with Crippen LogP contribution in [-0.2, 0) is 11.3 Å². The molecule has 2 aromatic rings. The number of hydrogen-bond donors (Lipinski definition) is 3. The molecule has 0 saturated carbocycles. The number of carbonyl (C=O) groups is 2. The van der Waals surface area contributed by atoms with Gasteiger partial charge in [-0.1, -0.05) is 13.8 Å². The SMILES string of the molecule is CCOc1ccc(C(=O)NC2c3cc(F)ccc3OCC2(C)O)cc1CN1C(=O)CC(CC)(CC)N=C1N. The Balaban J connectivity index is 1.63. The highest BCUT2D eigenvalue weighted by Crippen LogP contribution is 2.38. The molecular weight excluding hydrogens is 491 g/mol. The van der Waals surface area contributed by atoms with E-state index in [1.165, 1.54) is 30.0 Å². The summed E-state index contributed by atoms with van der Waals surface area (Å²) in [6, 6.07) is 7.95. The Labute approximate surface area is 221 Å². The van der Waals surface area contributed by atoms with E-state index in [4.69, 9.17) is 15.2 Å². The summed E-state index contributed by atoms with van der Waals surface area (Å²) in [5.41, 5.74) is 5.47. The van der Waals surface area contributed by atoms with Crippen LogP contribution in [0, 0.1) is 5.82 Å². The van der Waals surface area contributed by atoms with E-state index in [0.29, 0.717) is 42.1 Å². The van der Waals surface area contributed by atoms with Crippen LogP contribution in [0.15, 0.2) is 41.4 Å². The lowest BCUT2D eigenvalue weighted by molar-refractivity contribution is -0.130. The number of aliphatic imine (C=N–C) groups is 1. The van der Waals surface area contributed by atoms with E-state index in [-0.39, 0.29) is 37.0 Å². The van der Waals surface area contributed by atoms with Crippen LogP contribution in [0.2, 0.25) is 0 Å². The topological polar surface area (TPSA) is 126 Å². The fourth-order valence-corrected chi connectivity index (χ4v) is 4.95. The maximum Gasteiger partial charge on any atom is 0.251 e. The standard InChI is InChI=1S/C28H35FN4O5/c1-5-28(6-2)14-23(34)33(26(30)32-28)15-18-12-17(8-10-21(18)37-7-3)25(35)31-24-20-13-19(29)9-11-22(20)38-16-27(24,4)36/h8-13,24,36H,5-7,14-16H2,1-4H3,(H2,30,32)(H,31,35). The zero-order chi connectivity index (χ0) is 27.7. The van der Waals surface area contributed by atoms with Gasteiger partial charge in [0.25, 0.3) is 5.91 Å². The first-order chi connectivity index (χ1) is 18.0. The van der Waals surface area contributed by atoms with E-state index in [1.807, 2.05) is 20.8 Å². The number of aliphatic hydroxyl groups is 1. The molecule has 2 heterocycles. The molecule has 0 bridgehead atoms. The Morgan fingerprint density at radius 2 is 2.00 bits per heavy atom. The van der Waals surface area contributed by atoms with Gasteiger partial charge in [0, 0.05) is 16.7 Å². The number of amides is 2. The highest BCUT2D eigenvalue weighted by Gasteiger charge is 2.41. The molecule has 38 heavy (non-hydrogen) atoms. The molecule has 2 amide bonds. The third kappa shape index (κ3) is 5.31. The van der Waals surface area contributed by atoms with Gasteiger partial charge in [-0.25, -0.2) is 9.38 Å². The monoisotopic (exact) mass is 526 g/mol. The molecule has 0 spiro atoms. The van der Waals surface area contributed by atoms with Gasteiger partial charge >= 0.3 is 0 Å². The van der Waals surface area contributed by atoms with Gasteiger partial charge in [0.2, 0.25) is 5.91 Å². The maximum atomic E-state index is 14.0. The van der Waals surface area contributed by atoms with Crippen LogP contribution in [-0.4, -0.2) is 52.1 Å². The fraction of sp³-hybridized carbons (Fsp3) is 0.464. The molecule has 2 unspecified atom stereocenters. The smallest absolute Gasteiger partial charge is 0.251 e. The van der Waals surface area contributed by atoms with E-state index in [0.717, 1.165) is 0 Å². The van der Waals surface area contributed by atoms with Crippen LogP contribution in [0.5, 0.6) is 11.5 Å².